The van der Waals surface area contributed by atoms with E-state index in [0.29, 0.717) is 30.2 Å². The van der Waals surface area contributed by atoms with Crippen molar-refractivity contribution in [2.45, 2.75) is 26.9 Å². The Labute approximate surface area is 166 Å². The van der Waals surface area contributed by atoms with Crippen LogP contribution in [0.25, 0.3) is 11.0 Å². The molecule has 2 aromatic heterocycles. The van der Waals surface area contributed by atoms with Gasteiger partial charge in [-0.3, -0.25) is 4.79 Å². The summed E-state index contributed by atoms with van der Waals surface area (Å²) in [4.78, 5) is 26.4. The summed E-state index contributed by atoms with van der Waals surface area (Å²) in [6.07, 6.45) is 0. The second-order valence-electron chi connectivity index (χ2n) is 6.50. The third kappa shape index (κ3) is 4.97. The molecule has 0 spiro atoms. The molecule has 5 nitrogen and oxygen atoms in total. The molecule has 27 heavy (non-hydrogen) atoms. The molecular formula is C20H22ClN2O3S+. The molecule has 2 N–H and O–H groups in total. The van der Waals surface area contributed by atoms with Crippen LogP contribution in [0.1, 0.15) is 22.9 Å². The van der Waals surface area contributed by atoms with E-state index in [-0.39, 0.29) is 5.91 Å². The quantitative estimate of drug-likeness (QED) is 0.594. The normalized spacial score (nSPS) is 12.3. The minimum absolute atomic E-state index is 0.0126. The van der Waals surface area contributed by atoms with E-state index in [9.17, 15) is 9.59 Å². The summed E-state index contributed by atoms with van der Waals surface area (Å²) in [5, 5.41) is 6.38. The Morgan fingerprint density at radius 2 is 2.15 bits per heavy atom. The molecule has 0 bridgehead atoms. The molecule has 3 rings (SSSR count). The molecule has 0 aliphatic rings. The van der Waals surface area contributed by atoms with Gasteiger partial charge in [-0.2, -0.15) is 0 Å². The average Bonchev–Trinajstić information content (AvgIpc) is 3.14. The lowest BCUT2D eigenvalue weighted by atomic mass is 10.1. The van der Waals surface area contributed by atoms with Gasteiger partial charge in [0, 0.05) is 26.9 Å². The molecule has 0 aliphatic heterocycles. The van der Waals surface area contributed by atoms with E-state index in [2.05, 4.69) is 5.32 Å². The number of carbonyl (C=O) groups excluding carboxylic acids is 1. The minimum atomic E-state index is -0.392. The van der Waals surface area contributed by atoms with E-state index in [1.54, 1.807) is 17.4 Å². The maximum atomic E-state index is 12.3. The maximum absolute atomic E-state index is 12.3. The summed E-state index contributed by atoms with van der Waals surface area (Å²) < 4.78 is 5.31. The van der Waals surface area contributed by atoms with Gasteiger partial charge in [0.25, 0.3) is 5.91 Å². The van der Waals surface area contributed by atoms with Crippen LogP contribution < -0.4 is 15.8 Å². The third-order valence-electron chi connectivity index (χ3n) is 4.50. The first-order chi connectivity index (χ1) is 13.0. The average molecular weight is 406 g/mol. The van der Waals surface area contributed by atoms with E-state index in [0.717, 1.165) is 32.8 Å². The molecule has 0 radical (unpaired) electrons. The van der Waals surface area contributed by atoms with Crippen LogP contribution in [0.3, 0.4) is 0 Å². The first-order valence-corrected chi connectivity index (χ1v) is 10.1. The molecule has 1 unspecified atom stereocenters. The lowest BCUT2D eigenvalue weighted by molar-refractivity contribution is -0.904. The van der Waals surface area contributed by atoms with Gasteiger partial charge in [0.1, 0.15) is 12.1 Å². The molecule has 1 amide bonds. The van der Waals surface area contributed by atoms with Gasteiger partial charge in [0.2, 0.25) is 0 Å². The fourth-order valence-electron chi connectivity index (χ4n) is 2.96. The van der Waals surface area contributed by atoms with Crippen LogP contribution in [-0.2, 0) is 17.9 Å². The highest BCUT2D eigenvalue weighted by Gasteiger charge is 2.17. The lowest BCUT2D eigenvalue weighted by Crippen LogP contribution is -3.11. The molecule has 142 valence electrons. The van der Waals surface area contributed by atoms with Gasteiger partial charge in [0.05, 0.1) is 13.1 Å². The van der Waals surface area contributed by atoms with Gasteiger partial charge < -0.3 is 14.6 Å². The van der Waals surface area contributed by atoms with Crippen LogP contribution >= 0.6 is 22.9 Å². The zero-order valence-electron chi connectivity index (χ0n) is 15.3. The number of benzene rings is 1. The SMILES string of the molecule is CC[NH+](CC(=O)NCc1cccs1)Cc1cc(=O)oc2cc(C)c(Cl)cc12. The fourth-order valence-corrected chi connectivity index (χ4v) is 3.77. The van der Waals surface area contributed by atoms with Crippen molar-refractivity contribution in [3.8, 4) is 0 Å². The fraction of sp³-hybridized carbons (Fsp3) is 0.300. The van der Waals surface area contributed by atoms with Crippen molar-refractivity contribution in [1.82, 2.24) is 5.32 Å². The molecule has 1 atom stereocenters. The van der Waals surface area contributed by atoms with Gasteiger partial charge in [-0.05, 0) is 43.0 Å². The summed E-state index contributed by atoms with van der Waals surface area (Å²) >= 11 is 7.87. The second kappa shape index (κ2) is 8.69. The highest BCUT2D eigenvalue weighted by molar-refractivity contribution is 7.09. The Morgan fingerprint density at radius 1 is 1.33 bits per heavy atom. The number of carbonyl (C=O) groups is 1. The van der Waals surface area contributed by atoms with Crippen molar-refractivity contribution < 1.29 is 14.1 Å². The van der Waals surface area contributed by atoms with Gasteiger partial charge in [0.15, 0.2) is 6.54 Å². The zero-order chi connectivity index (χ0) is 19.4. The van der Waals surface area contributed by atoms with Crippen LogP contribution in [0.4, 0.5) is 0 Å². The van der Waals surface area contributed by atoms with Gasteiger partial charge in [-0.15, -0.1) is 11.3 Å². The predicted molar refractivity (Wildman–Crippen MR) is 108 cm³/mol. The molecule has 0 saturated heterocycles. The number of thiophene rings is 1. The number of aryl methyl sites for hydroxylation is 1. The molecule has 7 heteroatoms. The summed E-state index contributed by atoms with van der Waals surface area (Å²) in [5.74, 6) is -0.0126. The van der Waals surface area contributed by atoms with Crippen molar-refractivity contribution in [2.24, 2.45) is 0 Å². The van der Waals surface area contributed by atoms with E-state index in [4.69, 9.17) is 16.0 Å². The van der Waals surface area contributed by atoms with Crippen LogP contribution in [0.15, 0.2) is 44.9 Å². The smallest absolute Gasteiger partial charge is 0.336 e. The lowest BCUT2D eigenvalue weighted by Gasteiger charge is -2.18. The Morgan fingerprint density at radius 3 is 2.85 bits per heavy atom. The highest BCUT2D eigenvalue weighted by atomic mass is 35.5. The monoisotopic (exact) mass is 405 g/mol. The Balaban J connectivity index is 1.74. The number of quaternary nitrogens is 1. The largest absolute Gasteiger partial charge is 0.423 e. The number of hydrogen-bond acceptors (Lipinski definition) is 4. The van der Waals surface area contributed by atoms with Crippen molar-refractivity contribution in [2.75, 3.05) is 13.1 Å². The highest BCUT2D eigenvalue weighted by Crippen LogP contribution is 2.24. The minimum Gasteiger partial charge on any atom is -0.423 e. The molecule has 1 aromatic carbocycles. The first kappa shape index (κ1) is 19.6. The second-order valence-corrected chi connectivity index (χ2v) is 7.94. The number of nitrogens with one attached hydrogen (secondary N) is 2. The van der Waals surface area contributed by atoms with Crippen LogP contribution in [0, 0.1) is 6.92 Å². The summed E-state index contributed by atoms with van der Waals surface area (Å²) in [7, 11) is 0. The third-order valence-corrected chi connectivity index (χ3v) is 5.78. The van der Waals surface area contributed by atoms with Crippen LogP contribution in [0.2, 0.25) is 5.02 Å². The number of fused-ring (bicyclic) bond motifs is 1. The summed E-state index contributed by atoms with van der Waals surface area (Å²) in [5.41, 5.74) is 1.83. The van der Waals surface area contributed by atoms with Gasteiger partial charge >= 0.3 is 5.63 Å². The maximum Gasteiger partial charge on any atom is 0.336 e. The number of hydrogen-bond donors (Lipinski definition) is 2. The van der Waals surface area contributed by atoms with Gasteiger partial charge in [-0.1, -0.05) is 17.7 Å². The molecule has 0 saturated carbocycles. The predicted octanol–water partition coefficient (Wildman–Crippen LogP) is 2.54. The van der Waals surface area contributed by atoms with Crippen LogP contribution in [0.5, 0.6) is 0 Å². The first-order valence-electron chi connectivity index (χ1n) is 8.81. The summed E-state index contributed by atoms with van der Waals surface area (Å²) in [6.45, 7) is 6.07. The number of rotatable bonds is 7. The van der Waals surface area contributed by atoms with Crippen LogP contribution in [-0.4, -0.2) is 19.0 Å². The number of likely N-dealkylation sites (N-methyl/N-ethyl adjacent to an activating group) is 1. The zero-order valence-corrected chi connectivity index (χ0v) is 16.9. The van der Waals surface area contributed by atoms with Crippen molar-refractivity contribution >= 4 is 39.8 Å². The molecule has 0 fully saturated rings. The molecule has 0 aliphatic carbocycles. The Kier molecular flexibility index (Phi) is 6.31. The topological polar surface area (TPSA) is 63.8 Å². The van der Waals surface area contributed by atoms with Crippen molar-refractivity contribution in [1.29, 1.82) is 0 Å². The Hall–Kier alpha value is -2.15. The van der Waals surface area contributed by atoms with Gasteiger partial charge in [-0.25, -0.2) is 4.79 Å². The molecule has 2 heterocycles. The summed E-state index contributed by atoms with van der Waals surface area (Å²) in [6, 6.07) is 9.06. The van der Waals surface area contributed by atoms with E-state index >= 15 is 0 Å². The van der Waals surface area contributed by atoms with E-state index < -0.39 is 5.63 Å². The Bertz CT molecular complexity index is 998. The standard InChI is InChI=1S/C20H21ClN2O3S/c1-3-23(12-19(24)22-10-15-5-4-6-27-15)11-14-8-20(25)26-18-7-13(2)17(21)9-16(14)18/h4-9H,3,10-12H2,1-2H3,(H,22,24)/p+1. The van der Waals surface area contributed by atoms with E-state index in [1.807, 2.05) is 37.4 Å². The van der Waals surface area contributed by atoms with Crippen molar-refractivity contribution in [3.05, 3.63) is 67.2 Å². The van der Waals surface area contributed by atoms with E-state index in [1.165, 1.54) is 6.07 Å². The molecular weight excluding hydrogens is 384 g/mol. The molecule has 3 aromatic rings. The number of amides is 1. The number of halogens is 1. The van der Waals surface area contributed by atoms with Crippen molar-refractivity contribution in [3.63, 3.8) is 0 Å².